The molecule has 0 aromatic carbocycles. The van der Waals surface area contributed by atoms with Crippen LogP contribution < -0.4 is 5.32 Å². The molecule has 0 fully saturated rings. The van der Waals surface area contributed by atoms with Crippen molar-refractivity contribution in [2.45, 2.75) is 103 Å². The molecule has 13 nitrogen and oxygen atoms in total. The van der Waals surface area contributed by atoms with Crippen LogP contribution >= 0.6 is 0 Å². The van der Waals surface area contributed by atoms with Gasteiger partial charge in [0.25, 0.3) is 0 Å². The van der Waals surface area contributed by atoms with Crippen LogP contribution in [0.2, 0.25) is 0 Å². The van der Waals surface area contributed by atoms with Gasteiger partial charge in [-0.2, -0.15) is 0 Å². The number of hydrogen-bond donors (Lipinski definition) is 4. The van der Waals surface area contributed by atoms with E-state index in [0.717, 1.165) is 17.9 Å². The summed E-state index contributed by atoms with van der Waals surface area (Å²) in [6, 6.07) is -0.750. The summed E-state index contributed by atoms with van der Waals surface area (Å²) >= 11 is 0. The molecule has 4 N–H and O–H groups in total. The van der Waals surface area contributed by atoms with E-state index in [9.17, 15) is 19.2 Å². The monoisotopic (exact) mass is 620 g/mol. The maximum absolute atomic E-state index is 11.8. The standard InChI is InChI=1S/C30H56N2O11/c1-2-3-4-5-6-7-8-9-10-13-16-40-17-18-41-19-20-42-21-22-43-30(39)31-15-12-11-14-26(23-27(33)34)32(24-28(35)36)25-29(37)38/h26H,2-25H2,1H3,(H,31,39)(H,33,34)(H,35,36)(H,37,38). The van der Waals surface area contributed by atoms with E-state index < -0.39 is 43.1 Å². The van der Waals surface area contributed by atoms with Crippen molar-refractivity contribution in [3.05, 3.63) is 0 Å². The molecule has 1 amide bonds. The predicted molar refractivity (Wildman–Crippen MR) is 160 cm³/mol. The average molecular weight is 621 g/mol. The largest absolute Gasteiger partial charge is 0.481 e. The number of hydrogen-bond acceptors (Lipinski definition) is 9. The Labute approximate surface area is 256 Å². The zero-order chi connectivity index (χ0) is 32.0. The van der Waals surface area contributed by atoms with Crippen molar-refractivity contribution in [3.8, 4) is 0 Å². The molecule has 0 aliphatic heterocycles. The summed E-state index contributed by atoms with van der Waals surface area (Å²) in [6.45, 7) is 4.30. The van der Waals surface area contributed by atoms with E-state index in [0.29, 0.717) is 39.3 Å². The molecule has 0 heterocycles. The van der Waals surface area contributed by atoms with Gasteiger partial charge in [-0.1, -0.05) is 71.1 Å². The molecule has 0 bridgehead atoms. The van der Waals surface area contributed by atoms with Crippen molar-refractivity contribution in [1.29, 1.82) is 0 Å². The first-order valence-electron chi connectivity index (χ1n) is 15.8. The summed E-state index contributed by atoms with van der Waals surface area (Å²) in [5, 5.41) is 29.7. The van der Waals surface area contributed by atoms with Crippen LogP contribution in [0, 0.1) is 0 Å². The highest BCUT2D eigenvalue weighted by Gasteiger charge is 2.25. The number of unbranched alkanes of at least 4 members (excludes halogenated alkanes) is 10. The normalized spacial score (nSPS) is 11.9. The van der Waals surface area contributed by atoms with Crippen LogP contribution in [0.25, 0.3) is 0 Å². The maximum Gasteiger partial charge on any atom is 0.407 e. The van der Waals surface area contributed by atoms with Gasteiger partial charge >= 0.3 is 24.0 Å². The lowest BCUT2D eigenvalue weighted by Gasteiger charge is -2.28. The fraction of sp³-hybridized carbons (Fsp3) is 0.867. The molecule has 0 saturated heterocycles. The van der Waals surface area contributed by atoms with Crippen molar-refractivity contribution < 1.29 is 53.4 Å². The smallest absolute Gasteiger partial charge is 0.407 e. The second-order valence-electron chi connectivity index (χ2n) is 10.5. The summed E-state index contributed by atoms with van der Waals surface area (Å²) in [5.41, 5.74) is 0. The number of carbonyl (C=O) groups is 4. The van der Waals surface area contributed by atoms with E-state index in [4.69, 9.17) is 34.3 Å². The Hall–Kier alpha value is -2.48. The summed E-state index contributed by atoms with van der Waals surface area (Å²) in [6.07, 6.45) is 13.2. The lowest BCUT2D eigenvalue weighted by Crippen LogP contribution is -2.43. The van der Waals surface area contributed by atoms with Crippen LogP contribution in [-0.2, 0) is 33.3 Å². The Morgan fingerprint density at radius 2 is 1.09 bits per heavy atom. The lowest BCUT2D eigenvalue weighted by molar-refractivity contribution is -0.146. The SMILES string of the molecule is CCCCCCCCCCCCOCCOCCOCCOC(=O)NCCCCC(CC(=O)O)N(CC(=O)O)CC(=O)O. The van der Waals surface area contributed by atoms with Gasteiger partial charge in [-0.15, -0.1) is 0 Å². The molecule has 13 heteroatoms. The third kappa shape index (κ3) is 29.4. The zero-order valence-electron chi connectivity index (χ0n) is 26.1. The van der Waals surface area contributed by atoms with Crippen molar-refractivity contribution in [1.82, 2.24) is 10.2 Å². The van der Waals surface area contributed by atoms with Gasteiger partial charge in [-0.3, -0.25) is 19.3 Å². The second-order valence-corrected chi connectivity index (χ2v) is 10.5. The number of amides is 1. The number of nitrogens with zero attached hydrogens (tertiary/aromatic N) is 1. The molecular formula is C30H56N2O11. The van der Waals surface area contributed by atoms with E-state index in [1.54, 1.807) is 0 Å². The first-order chi connectivity index (χ1) is 20.8. The highest BCUT2D eigenvalue weighted by Crippen LogP contribution is 2.13. The predicted octanol–water partition coefficient (Wildman–Crippen LogP) is 4.17. The van der Waals surface area contributed by atoms with Gasteiger partial charge in [-0.25, -0.2) is 4.79 Å². The average Bonchev–Trinajstić information content (AvgIpc) is 2.94. The minimum atomic E-state index is -1.24. The topological polar surface area (TPSA) is 181 Å². The van der Waals surface area contributed by atoms with Gasteiger partial charge in [0.05, 0.1) is 52.5 Å². The zero-order valence-corrected chi connectivity index (χ0v) is 26.1. The molecule has 0 aromatic rings. The van der Waals surface area contributed by atoms with Crippen LogP contribution in [0.1, 0.15) is 96.8 Å². The summed E-state index contributed by atoms with van der Waals surface area (Å²) in [4.78, 5) is 46.2. The van der Waals surface area contributed by atoms with Gasteiger partial charge < -0.3 is 39.6 Å². The van der Waals surface area contributed by atoms with Crippen LogP contribution in [0.15, 0.2) is 0 Å². The lowest BCUT2D eigenvalue weighted by atomic mass is 10.0. The Balaban J connectivity index is 3.63. The third-order valence-corrected chi connectivity index (χ3v) is 6.68. The van der Waals surface area contributed by atoms with Crippen LogP contribution in [0.4, 0.5) is 4.79 Å². The van der Waals surface area contributed by atoms with Crippen molar-refractivity contribution in [2.75, 3.05) is 65.9 Å². The second kappa shape index (κ2) is 29.6. The number of rotatable bonds is 32. The Kier molecular flexibility index (Phi) is 27.9. The minimum absolute atomic E-state index is 0.0772. The summed E-state index contributed by atoms with van der Waals surface area (Å²) in [7, 11) is 0. The van der Waals surface area contributed by atoms with E-state index in [2.05, 4.69) is 12.2 Å². The molecule has 0 aromatic heterocycles. The van der Waals surface area contributed by atoms with Gasteiger partial charge in [0, 0.05) is 19.2 Å². The number of carboxylic acid groups (broad SMARTS) is 3. The first-order valence-corrected chi connectivity index (χ1v) is 15.8. The molecule has 1 atom stereocenters. The van der Waals surface area contributed by atoms with Gasteiger partial charge in [-0.05, 0) is 19.3 Å². The molecule has 0 rings (SSSR count). The van der Waals surface area contributed by atoms with Crippen molar-refractivity contribution >= 4 is 24.0 Å². The minimum Gasteiger partial charge on any atom is -0.481 e. The maximum atomic E-state index is 11.8. The van der Waals surface area contributed by atoms with Gasteiger partial charge in [0.1, 0.15) is 6.61 Å². The molecule has 1 unspecified atom stereocenters. The number of carboxylic acids is 3. The molecule has 0 saturated carbocycles. The summed E-state index contributed by atoms with van der Waals surface area (Å²) < 4.78 is 21.5. The van der Waals surface area contributed by atoms with Gasteiger partial charge in [0.2, 0.25) is 0 Å². The molecule has 43 heavy (non-hydrogen) atoms. The molecule has 0 aliphatic carbocycles. The molecule has 0 radical (unpaired) electrons. The first kappa shape index (κ1) is 40.5. The molecular weight excluding hydrogens is 564 g/mol. The molecule has 252 valence electrons. The van der Waals surface area contributed by atoms with Crippen LogP contribution in [0.5, 0.6) is 0 Å². The van der Waals surface area contributed by atoms with E-state index in [1.165, 1.54) is 57.8 Å². The van der Waals surface area contributed by atoms with E-state index in [1.807, 2.05) is 0 Å². The van der Waals surface area contributed by atoms with E-state index >= 15 is 0 Å². The van der Waals surface area contributed by atoms with Gasteiger partial charge in [0.15, 0.2) is 0 Å². The fourth-order valence-corrected chi connectivity index (χ4v) is 4.45. The highest BCUT2D eigenvalue weighted by molar-refractivity contribution is 5.73. The third-order valence-electron chi connectivity index (χ3n) is 6.68. The van der Waals surface area contributed by atoms with Crippen LogP contribution in [0.3, 0.4) is 0 Å². The number of carbonyl (C=O) groups excluding carboxylic acids is 1. The number of nitrogens with one attached hydrogen (secondary N) is 1. The quantitative estimate of drug-likeness (QED) is 0.0789. The fourth-order valence-electron chi connectivity index (χ4n) is 4.45. The summed E-state index contributed by atoms with van der Waals surface area (Å²) in [5.74, 6) is -3.63. The van der Waals surface area contributed by atoms with Crippen molar-refractivity contribution in [2.24, 2.45) is 0 Å². The highest BCUT2D eigenvalue weighted by atomic mass is 16.6. The Bertz CT molecular complexity index is 708. The Morgan fingerprint density at radius 1 is 0.605 bits per heavy atom. The molecule has 0 aliphatic rings. The van der Waals surface area contributed by atoms with Crippen molar-refractivity contribution in [3.63, 3.8) is 0 Å². The molecule has 0 spiro atoms. The number of alkyl carbamates (subject to hydrolysis) is 1. The number of ether oxygens (including phenoxy) is 4. The van der Waals surface area contributed by atoms with Crippen LogP contribution in [-0.4, -0.2) is 116 Å². The van der Waals surface area contributed by atoms with E-state index in [-0.39, 0.29) is 32.6 Å². The Morgan fingerprint density at radius 3 is 1.60 bits per heavy atom. The number of aliphatic carboxylic acids is 3.